The van der Waals surface area contributed by atoms with Crippen molar-refractivity contribution >= 4 is 5.97 Å². The highest BCUT2D eigenvalue weighted by molar-refractivity contribution is 5.84. The van der Waals surface area contributed by atoms with E-state index in [2.05, 4.69) is 0 Å². The van der Waals surface area contributed by atoms with Gasteiger partial charge in [-0.1, -0.05) is 36.4 Å². The summed E-state index contributed by atoms with van der Waals surface area (Å²) >= 11 is 0. The molecular weight excluding hydrogens is 272 g/mol. The number of hydrogen-bond acceptors (Lipinski definition) is 4. The molecule has 0 aromatic heterocycles. The first-order chi connectivity index (χ1) is 10.0. The number of aliphatic hydroxyl groups is 1. The SMILES string of the molecule is COc1ccc(C(O)(C(=O)O)c2ccccc2)cc1OC. The lowest BCUT2D eigenvalue weighted by Gasteiger charge is -2.25. The van der Waals surface area contributed by atoms with Crippen molar-refractivity contribution in [3.05, 3.63) is 59.7 Å². The number of benzene rings is 2. The lowest BCUT2D eigenvalue weighted by atomic mass is 9.86. The molecule has 2 aromatic rings. The Hall–Kier alpha value is -2.53. The Kier molecular flexibility index (Phi) is 4.14. The molecule has 2 rings (SSSR count). The Morgan fingerprint density at radius 1 is 0.952 bits per heavy atom. The van der Waals surface area contributed by atoms with Crippen LogP contribution in [0.25, 0.3) is 0 Å². The molecule has 0 aliphatic rings. The van der Waals surface area contributed by atoms with Crippen LogP contribution in [0.3, 0.4) is 0 Å². The smallest absolute Gasteiger partial charge is 0.345 e. The number of aliphatic carboxylic acids is 1. The molecule has 2 aromatic carbocycles. The van der Waals surface area contributed by atoms with Crippen LogP contribution in [0.15, 0.2) is 48.5 Å². The largest absolute Gasteiger partial charge is 0.493 e. The second kappa shape index (κ2) is 5.85. The second-order valence-corrected chi connectivity index (χ2v) is 4.45. The molecule has 0 saturated heterocycles. The van der Waals surface area contributed by atoms with Crippen LogP contribution >= 0.6 is 0 Å². The third kappa shape index (κ3) is 2.55. The van der Waals surface area contributed by atoms with E-state index >= 15 is 0 Å². The van der Waals surface area contributed by atoms with Crippen molar-refractivity contribution in [2.24, 2.45) is 0 Å². The molecule has 0 spiro atoms. The van der Waals surface area contributed by atoms with Crippen LogP contribution in [0.2, 0.25) is 0 Å². The zero-order valence-corrected chi connectivity index (χ0v) is 11.7. The van der Waals surface area contributed by atoms with Gasteiger partial charge in [-0.25, -0.2) is 4.79 Å². The summed E-state index contributed by atoms with van der Waals surface area (Å²) in [5.41, 5.74) is -1.69. The molecule has 110 valence electrons. The van der Waals surface area contributed by atoms with Crippen LogP contribution in [0, 0.1) is 0 Å². The first kappa shape index (κ1) is 14.9. The number of methoxy groups -OCH3 is 2. The summed E-state index contributed by atoms with van der Waals surface area (Å²) in [6.07, 6.45) is 0. The zero-order chi connectivity index (χ0) is 15.5. The minimum Gasteiger partial charge on any atom is -0.493 e. The highest BCUT2D eigenvalue weighted by atomic mass is 16.5. The highest BCUT2D eigenvalue weighted by Crippen LogP contribution is 2.36. The number of ether oxygens (including phenoxy) is 2. The van der Waals surface area contributed by atoms with Crippen molar-refractivity contribution in [3.8, 4) is 11.5 Å². The number of carbonyl (C=O) groups is 1. The maximum absolute atomic E-state index is 11.7. The average molecular weight is 288 g/mol. The van der Waals surface area contributed by atoms with Gasteiger partial charge in [0.25, 0.3) is 0 Å². The molecule has 5 nitrogen and oxygen atoms in total. The van der Waals surface area contributed by atoms with Crippen molar-refractivity contribution in [2.75, 3.05) is 14.2 Å². The Balaban J connectivity index is 2.61. The van der Waals surface area contributed by atoms with Crippen molar-refractivity contribution in [2.45, 2.75) is 5.60 Å². The van der Waals surface area contributed by atoms with Gasteiger partial charge in [-0.3, -0.25) is 0 Å². The Morgan fingerprint density at radius 3 is 2.10 bits per heavy atom. The summed E-state index contributed by atoms with van der Waals surface area (Å²) < 4.78 is 10.3. The molecule has 0 radical (unpaired) electrons. The monoisotopic (exact) mass is 288 g/mol. The quantitative estimate of drug-likeness (QED) is 0.880. The minimum atomic E-state index is -2.15. The fourth-order valence-electron chi connectivity index (χ4n) is 2.15. The van der Waals surface area contributed by atoms with Crippen molar-refractivity contribution < 1.29 is 24.5 Å². The van der Waals surface area contributed by atoms with Gasteiger partial charge < -0.3 is 19.7 Å². The fraction of sp³-hybridized carbons (Fsp3) is 0.188. The normalized spacial score (nSPS) is 13.3. The standard InChI is InChI=1S/C16H16O5/c1-20-13-9-8-12(10-14(13)21-2)16(19,15(17)18)11-6-4-3-5-7-11/h3-10,19H,1-2H3,(H,17,18). The molecule has 0 heterocycles. The summed E-state index contributed by atoms with van der Waals surface area (Å²) in [5.74, 6) is -0.548. The van der Waals surface area contributed by atoms with Gasteiger partial charge in [-0.2, -0.15) is 0 Å². The number of carboxylic acids is 1. The second-order valence-electron chi connectivity index (χ2n) is 4.45. The van der Waals surface area contributed by atoms with Crippen LogP contribution in [0.4, 0.5) is 0 Å². The van der Waals surface area contributed by atoms with E-state index in [1.165, 1.54) is 26.4 Å². The van der Waals surface area contributed by atoms with E-state index in [1.54, 1.807) is 36.4 Å². The lowest BCUT2D eigenvalue weighted by Crippen LogP contribution is -2.36. The first-order valence-corrected chi connectivity index (χ1v) is 6.27. The van der Waals surface area contributed by atoms with Gasteiger partial charge >= 0.3 is 5.97 Å². The van der Waals surface area contributed by atoms with Crippen molar-refractivity contribution in [1.29, 1.82) is 0 Å². The third-order valence-electron chi connectivity index (χ3n) is 3.30. The lowest BCUT2D eigenvalue weighted by molar-refractivity contribution is -0.155. The zero-order valence-electron chi connectivity index (χ0n) is 11.7. The van der Waals surface area contributed by atoms with E-state index in [1.807, 2.05) is 0 Å². The molecular formula is C16H16O5. The van der Waals surface area contributed by atoms with E-state index < -0.39 is 11.6 Å². The van der Waals surface area contributed by atoms with E-state index in [0.29, 0.717) is 11.5 Å². The fourth-order valence-corrected chi connectivity index (χ4v) is 2.15. The predicted octanol–water partition coefficient (Wildman–Crippen LogP) is 2.02. The molecule has 5 heteroatoms. The third-order valence-corrected chi connectivity index (χ3v) is 3.30. The van der Waals surface area contributed by atoms with Crippen LogP contribution in [0.1, 0.15) is 11.1 Å². The summed E-state index contributed by atoms with van der Waals surface area (Å²) in [4.78, 5) is 11.7. The van der Waals surface area contributed by atoms with Gasteiger partial charge in [0, 0.05) is 5.56 Å². The first-order valence-electron chi connectivity index (χ1n) is 6.27. The van der Waals surface area contributed by atoms with Crippen LogP contribution in [-0.2, 0) is 10.4 Å². The van der Waals surface area contributed by atoms with Crippen molar-refractivity contribution in [1.82, 2.24) is 0 Å². The van der Waals surface area contributed by atoms with Gasteiger partial charge in [0.2, 0.25) is 5.60 Å². The Bertz CT molecular complexity index is 638. The van der Waals surface area contributed by atoms with E-state index in [0.717, 1.165) is 0 Å². The predicted molar refractivity (Wildman–Crippen MR) is 76.6 cm³/mol. The molecule has 0 aliphatic heterocycles. The molecule has 0 amide bonds. The minimum absolute atomic E-state index is 0.193. The molecule has 2 N–H and O–H groups in total. The Morgan fingerprint density at radius 2 is 1.57 bits per heavy atom. The summed E-state index contributed by atoms with van der Waals surface area (Å²) in [5, 5.41) is 20.2. The van der Waals surface area contributed by atoms with Gasteiger partial charge in [0.15, 0.2) is 11.5 Å². The number of hydrogen-bond donors (Lipinski definition) is 2. The summed E-state index contributed by atoms with van der Waals surface area (Å²) in [7, 11) is 2.93. The molecule has 1 unspecified atom stereocenters. The van der Waals surface area contributed by atoms with Crippen LogP contribution in [0.5, 0.6) is 11.5 Å². The number of rotatable bonds is 5. The van der Waals surface area contributed by atoms with Crippen LogP contribution in [-0.4, -0.2) is 30.4 Å². The molecule has 1 atom stereocenters. The van der Waals surface area contributed by atoms with E-state index in [4.69, 9.17) is 9.47 Å². The van der Waals surface area contributed by atoms with Gasteiger partial charge in [-0.15, -0.1) is 0 Å². The Labute approximate surface area is 122 Å². The highest BCUT2D eigenvalue weighted by Gasteiger charge is 2.40. The van der Waals surface area contributed by atoms with Gasteiger partial charge in [-0.05, 0) is 17.7 Å². The van der Waals surface area contributed by atoms with E-state index in [9.17, 15) is 15.0 Å². The van der Waals surface area contributed by atoms with Gasteiger partial charge in [0.05, 0.1) is 14.2 Å². The van der Waals surface area contributed by atoms with Gasteiger partial charge in [0.1, 0.15) is 0 Å². The molecule has 0 aliphatic carbocycles. The number of carboxylic acid groups (broad SMARTS) is 1. The maximum Gasteiger partial charge on any atom is 0.345 e. The van der Waals surface area contributed by atoms with Crippen LogP contribution < -0.4 is 9.47 Å². The molecule has 21 heavy (non-hydrogen) atoms. The summed E-state index contributed by atoms with van der Waals surface area (Å²) in [6, 6.07) is 12.7. The maximum atomic E-state index is 11.7. The topological polar surface area (TPSA) is 76.0 Å². The average Bonchev–Trinajstić information content (AvgIpc) is 2.53. The molecule has 0 fully saturated rings. The van der Waals surface area contributed by atoms with E-state index in [-0.39, 0.29) is 11.1 Å². The molecule has 0 bridgehead atoms. The summed E-state index contributed by atoms with van der Waals surface area (Å²) in [6.45, 7) is 0. The van der Waals surface area contributed by atoms with Crippen molar-refractivity contribution in [3.63, 3.8) is 0 Å². The molecule has 0 saturated carbocycles.